The number of aryl methyl sites for hydroxylation is 1. The number of rotatable bonds is 7. The van der Waals surface area contributed by atoms with Gasteiger partial charge in [-0.2, -0.15) is 0 Å². The lowest BCUT2D eigenvalue weighted by atomic mass is 10.2. The van der Waals surface area contributed by atoms with Crippen LogP contribution in [-0.4, -0.2) is 28.4 Å². The zero-order valence-electron chi connectivity index (χ0n) is 14.0. The van der Waals surface area contributed by atoms with E-state index in [1.165, 1.54) is 17.8 Å². The Bertz CT molecular complexity index is 876. The van der Waals surface area contributed by atoms with Crippen LogP contribution in [0.2, 0.25) is 0 Å². The number of ether oxygens (including phenoxy) is 1. The van der Waals surface area contributed by atoms with Gasteiger partial charge in [-0.05, 0) is 36.2 Å². The zero-order chi connectivity index (χ0) is 17.6. The van der Waals surface area contributed by atoms with E-state index in [0.29, 0.717) is 24.4 Å². The molecule has 0 fully saturated rings. The number of imidazole rings is 1. The van der Waals surface area contributed by atoms with Crippen LogP contribution in [0, 0.1) is 5.82 Å². The van der Waals surface area contributed by atoms with E-state index in [0.717, 1.165) is 12.1 Å². The summed E-state index contributed by atoms with van der Waals surface area (Å²) < 4.78 is 20.3. The van der Waals surface area contributed by atoms with Crippen molar-refractivity contribution in [2.75, 3.05) is 13.2 Å². The van der Waals surface area contributed by atoms with Crippen molar-refractivity contribution >= 4 is 11.6 Å². The number of halogens is 1. The van der Waals surface area contributed by atoms with Gasteiger partial charge < -0.3 is 14.5 Å². The minimum Gasteiger partial charge on any atom is -0.484 e. The van der Waals surface area contributed by atoms with Gasteiger partial charge in [0.1, 0.15) is 17.2 Å². The third kappa shape index (κ3) is 4.56. The van der Waals surface area contributed by atoms with E-state index in [-0.39, 0.29) is 18.3 Å². The van der Waals surface area contributed by atoms with Crippen LogP contribution in [0.3, 0.4) is 0 Å². The van der Waals surface area contributed by atoms with E-state index >= 15 is 0 Å². The van der Waals surface area contributed by atoms with Gasteiger partial charge >= 0.3 is 0 Å². The maximum absolute atomic E-state index is 13.2. The van der Waals surface area contributed by atoms with Crippen LogP contribution in [0.4, 0.5) is 4.39 Å². The minimum absolute atomic E-state index is 0.0243. The molecule has 0 aliphatic rings. The zero-order valence-corrected chi connectivity index (χ0v) is 14.0. The predicted molar refractivity (Wildman–Crippen MR) is 93.2 cm³/mol. The molecule has 3 rings (SSSR count). The first-order valence-corrected chi connectivity index (χ1v) is 8.25. The second kappa shape index (κ2) is 7.79. The summed E-state index contributed by atoms with van der Waals surface area (Å²) in [5, 5.41) is 2.80. The molecule has 0 aliphatic heterocycles. The highest BCUT2D eigenvalue weighted by atomic mass is 19.1. The second-order valence-electron chi connectivity index (χ2n) is 5.73. The number of nitrogens with one attached hydrogen (secondary N) is 1. The minimum atomic E-state index is -0.311. The number of benzene rings is 1. The van der Waals surface area contributed by atoms with Crippen LogP contribution in [0.25, 0.3) is 5.65 Å². The molecule has 0 radical (unpaired) electrons. The van der Waals surface area contributed by atoms with Gasteiger partial charge in [-0.1, -0.05) is 19.1 Å². The van der Waals surface area contributed by atoms with Gasteiger partial charge in [0.2, 0.25) is 0 Å². The average Bonchev–Trinajstić information content (AvgIpc) is 3.02. The summed E-state index contributed by atoms with van der Waals surface area (Å²) in [5.74, 6) is 0.197. The summed E-state index contributed by atoms with van der Waals surface area (Å²) >= 11 is 0. The highest BCUT2D eigenvalue weighted by Gasteiger charge is 2.06. The van der Waals surface area contributed by atoms with Crippen molar-refractivity contribution in [3.8, 4) is 5.75 Å². The molecule has 1 amide bonds. The van der Waals surface area contributed by atoms with Crippen molar-refractivity contribution in [1.82, 2.24) is 14.7 Å². The topological polar surface area (TPSA) is 55.6 Å². The maximum Gasteiger partial charge on any atom is 0.257 e. The summed E-state index contributed by atoms with van der Waals surface area (Å²) in [6.07, 6.45) is 4.63. The van der Waals surface area contributed by atoms with Crippen LogP contribution >= 0.6 is 0 Å². The Hall–Kier alpha value is -2.89. The number of hydrogen-bond donors (Lipinski definition) is 1. The fraction of sp³-hybridized carbons (Fsp3) is 0.263. The highest BCUT2D eigenvalue weighted by Crippen LogP contribution is 2.13. The first kappa shape index (κ1) is 17.0. The lowest BCUT2D eigenvalue weighted by Gasteiger charge is -2.08. The molecule has 0 saturated heterocycles. The molecule has 5 nitrogen and oxygen atoms in total. The molecule has 3 aromatic rings. The second-order valence-corrected chi connectivity index (χ2v) is 5.73. The molecule has 6 heteroatoms. The van der Waals surface area contributed by atoms with Crippen molar-refractivity contribution in [3.05, 3.63) is 65.9 Å². The van der Waals surface area contributed by atoms with Crippen LogP contribution in [0.15, 0.2) is 48.8 Å². The molecule has 0 unspecified atom stereocenters. The Balaban J connectivity index is 1.45. The molecule has 25 heavy (non-hydrogen) atoms. The SMILES string of the molecule is CCc1cccc(OCC(=O)NCCc2cn3cc(F)ccc3n2)c1. The lowest BCUT2D eigenvalue weighted by molar-refractivity contribution is -0.123. The molecule has 0 atom stereocenters. The molecule has 1 aromatic carbocycles. The third-order valence-corrected chi connectivity index (χ3v) is 3.84. The summed E-state index contributed by atoms with van der Waals surface area (Å²) in [7, 11) is 0. The number of hydrogen-bond acceptors (Lipinski definition) is 3. The van der Waals surface area contributed by atoms with Gasteiger partial charge in [-0.3, -0.25) is 4.79 Å². The quantitative estimate of drug-likeness (QED) is 0.719. The Kier molecular flexibility index (Phi) is 5.28. The van der Waals surface area contributed by atoms with E-state index in [1.807, 2.05) is 24.3 Å². The molecule has 2 heterocycles. The van der Waals surface area contributed by atoms with Crippen molar-refractivity contribution in [2.45, 2.75) is 19.8 Å². The van der Waals surface area contributed by atoms with Gasteiger partial charge in [0.25, 0.3) is 5.91 Å². The van der Waals surface area contributed by atoms with Crippen LogP contribution in [0.5, 0.6) is 5.75 Å². The van der Waals surface area contributed by atoms with Gasteiger partial charge in [-0.15, -0.1) is 0 Å². The van der Waals surface area contributed by atoms with E-state index in [9.17, 15) is 9.18 Å². The summed E-state index contributed by atoms with van der Waals surface area (Å²) in [6, 6.07) is 10.7. The Morgan fingerprint density at radius 3 is 3.00 bits per heavy atom. The maximum atomic E-state index is 13.2. The number of nitrogens with zero attached hydrogens (tertiary/aromatic N) is 2. The number of amides is 1. The standard InChI is InChI=1S/C19H20FN3O2/c1-2-14-4-3-5-17(10-14)25-13-19(24)21-9-8-16-12-23-11-15(20)6-7-18(23)22-16/h3-7,10-12H,2,8-9,13H2,1H3,(H,21,24). The van der Waals surface area contributed by atoms with Crippen molar-refractivity contribution in [2.24, 2.45) is 0 Å². The molecule has 130 valence electrons. The van der Waals surface area contributed by atoms with Crippen molar-refractivity contribution < 1.29 is 13.9 Å². The Morgan fingerprint density at radius 2 is 2.16 bits per heavy atom. The molecule has 0 spiro atoms. The Morgan fingerprint density at radius 1 is 1.28 bits per heavy atom. The molecule has 0 saturated carbocycles. The third-order valence-electron chi connectivity index (χ3n) is 3.84. The summed E-state index contributed by atoms with van der Waals surface area (Å²) in [5.41, 5.74) is 2.64. The largest absolute Gasteiger partial charge is 0.484 e. The van der Waals surface area contributed by atoms with Crippen LogP contribution in [-0.2, 0) is 17.6 Å². The highest BCUT2D eigenvalue weighted by molar-refractivity contribution is 5.77. The number of carbonyl (C=O) groups is 1. The molecular formula is C19H20FN3O2. The lowest BCUT2D eigenvalue weighted by Crippen LogP contribution is -2.30. The normalized spacial score (nSPS) is 10.8. The average molecular weight is 341 g/mol. The van der Waals surface area contributed by atoms with Gasteiger partial charge in [0.15, 0.2) is 6.61 Å². The fourth-order valence-electron chi connectivity index (χ4n) is 2.52. The molecular weight excluding hydrogens is 321 g/mol. The van der Waals surface area contributed by atoms with Crippen molar-refractivity contribution in [1.29, 1.82) is 0 Å². The number of fused-ring (bicyclic) bond motifs is 1. The van der Waals surface area contributed by atoms with E-state index in [4.69, 9.17) is 4.74 Å². The predicted octanol–water partition coefficient (Wildman–Crippen LogP) is 2.77. The van der Waals surface area contributed by atoms with Gasteiger partial charge in [0, 0.05) is 25.4 Å². The first-order valence-electron chi connectivity index (χ1n) is 8.25. The van der Waals surface area contributed by atoms with Gasteiger partial charge in [0.05, 0.1) is 5.69 Å². The molecule has 0 bridgehead atoms. The van der Waals surface area contributed by atoms with E-state index in [1.54, 1.807) is 16.7 Å². The van der Waals surface area contributed by atoms with Crippen LogP contribution < -0.4 is 10.1 Å². The first-order chi connectivity index (χ1) is 12.1. The fourth-order valence-corrected chi connectivity index (χ4v) is 2.52. The van der Waals surface area contributed by atoms with E-state index in [2.05, 4.69) is 17.2 Å². The number of pyridine rings is 1. The monoisotopic (exact) mass is 341 g/mol. The number of carbonyl (C=O) groups excluding carboxylic acids is 1. The smallest absolute Gasteiger partial charge is 0.257 e. The van der Waals surface area contributed by atoms with Crippen molar-refractivity contribution in [3.63, 3.8) is 0 Å². The Labute approximate surface area is 145 Å². The van der Waals surface area contributed by atoms with E-state index < -0.39 is 0 Å². The molecule has 2 aromatic heterocycles. The summed E-state index contributed by atoms with van der Waals surface area (Å²) in [6.45, 7) is 2.49. The van der Waals surface area contributed by atoms with Gasteiger partial charge in [-0.25, -0.2) is 9.37 Å². The molecule has 1 N–H and O–H groups in total. The van der Waals surface area contributed by atoms with Crippen LogP contribution in [0.1, 0.15) is 18.2 Å². The number of aromatic nitrogens is 2. The summed E-state index contributed by atoms with van der Waals surface area (Å²) in [4.78, 5) is 16.2. The molecule has 0 aliphatic carbocycles.